The second-order valence-electron chi connectivity index (χ2n) is 2.41. The van der Waals surface area contributed by atoms with Gasteiger partial charge in [-0.15, -0.1) is 0 Å². The molecule has 0 aliphatic rings. The van der Waals surface area contributed by atoms with Crippen molar-refractivity contribution in [3.63, 3.8) is 0 Å². The molecule has 0 saturated heterocycles. The molecule has 1 aromatic carbocycles. The van der Waals surface area contributed by atoms with Crippen molar-refractivity contribution in [3.05, 3.63) is 29.3 Å². The molecule has 0 aromatic heterocycles. The number of carbonyl (C=O) groups excluding carboxylic acids is 1. The molecular weight excluding hydrogens is 182 g/mol. The van der Waals surface area contributed by atoms with Crippen LogP contribution in [-0.2, 0) is 4.74 Å². The summed E-state index contributed by atoms with van der Waals surface area (Å²) in [5.41, 5.74) is 0.508. The SMILES string of the molecule is COC.N#Cc1cc(C=O)ccc1O. The van der Waals surface area contributed by atoms with Crippen molar-refractivity contribution >= 4 is 6.29 Å². The van der Waals surface area contributed by atoms with Crippen LogP contribution in [0.15, 0.2) is 18.2 Å². The number of carbonyl (C=O) groups is 1. The lowest BCUT2D eigenvalue weighted by Crippen LogP contribution is -1.81. The Hall–Kier alpha value is -1.86. The topological polar surface area (TPSA) is 70.3 Å². The van der Waals surface area contributed by atoms with E-state index in [4.69, 9.17) is 10.4 Å². The first-order chi connectivity index (χ1) is 6.69. The minimum atomic E-state index is -0.0990. The van der Waals surface area contributed by atoms with Crippen LogP contribution in [-0.4, -0.2) is 25.6 Å². The lowest BCUT2D eigenvalue weighted by molar-refractivity contribution is 0.112. The predicted octanol–water partition coefficient (Wildman–Crippen LogP) is 1.34. The van der Waals surface area contributed by atoms with E-state index in [2.05, 4.69) is 4.74 Å². The van der Waals surface area contributed by atoms with E-state index in [-0.39, 0.29) is 11.3 Å². The van der Waals surface area contributed by atoms with Gasteiger partial charge in [0, 0.05) is 19.8 Å². The van der Waals surface area contributed by atoms with Crippen LogP contribution in [0.5, 0.6) is 5.75 Å². The summed E-state index contributed by atoms with van der Waals surface area (Å²) in [7, 11) is 3.25. The van der Waals surface area contributed by atoms with Crippen molar-refractivity contribution in [2.75, 3.05) is 14.2 Å². The van der Waals surface area contributed by atoms with E-state index >= 15 is 0 Å². The van der Waals surface area contributed by atoms with Crippen molar-refractivity contribution in [2.45, 2.75) is 0 Å². The highest BCUT2D eigenvalue weighted by Crippen LogP contribution is 2.15. The maximum atomic E-state index is 10.2. The Morgan fingerprint density at radius 2 is 2.07 bits per heavy atom. The molecule has 0 heterocycles. The molecule has 0 aliphatic carbocycles. The average molecular weight is 193 g/mol. The fourth-order valence-corrected chi connectivity index (χ4v) is 0.717. The molecule has 74 valence electrons. The predicted molar refractivity (Wildman–Crippen MR) is 51.1 cm³/mol. The zero-order valence-corrected chi connectivity index (χ0v) is 8.02. The van der Waals surface area contributed by atoms with Crippen LogP contribution in [0.2, 0.25) is 0 Å². The number of rotatable bonds is 1. The third-order valence-corrected chi connectivity index (χ3v) is 1.28. The highest BCUT2D eigenvalue weighted by molar-refractivity contribution is 5.76. The van der Waals surface area contributed by atoms with E-state index in [1.54, 1.807) is 20.3 Å². The lowest BCUT2D eigenvalue weighted by atomic mass is 10.1. The standard InChI is InChI=1S/C8H5NO2.C2H6O/c9-4-7-3-6(5-10)1-2-8(7)11;1-3-2/h1-3,5,11H;1-2H3. The summed E-state index contributed by atoms with van der Waals surface area (Å²) in [6.45, 7) is 0. The van der Waals surface area contributed by atoms with Gasteiger partial charge in [0.25, 0.3) is 0 Å². The van der Waals surface area contributed by atoms with Crippen LogP contribution >= 0.6 is 0 Å². The summed E-state index contributed by atoms with van der Waals surface area (Å²) in [4.78, 5) is 10.2. The first-order valence-electron chi connectivity index (χ1n) is 3.78. The number of aromatic hydroxyl groups is 1. The third-order valence-electron chi connectivity index (χ3n) is 1.28. The van der Waals surface area contributed by atoms with Crippen LogP contribution in [0, 0.1) is 11.3 Å². The van der Waals surface area contributed by atoms with Gasteiger partial charge in [0.05, 0.1) is 5.56 Å². The first-order valence-corrected chi connectivity index (χ1v) is 3.78. The fraction of sp³-hybridized carbons (Fsp3) is 0.200. The number of hydrogen-bond acceptors (Lipinski definition) is 4. The third kappa shape index (κ3) is 3.70. The summed E-state index contributed by atoms with van der Waals surface area (Å²) >= 11 is 0. The number of benzene rings is 1. The van der Waals surface area contributed by atoms with Gasteiger partial charge >= 0.3 is 0 Å². The van der Waals surface area contributed by atoms with E-state index in [1.165, 1.54) is 18.2 Å². The van der Waals surface area contributed by atoms with Gasteiger partial charge in [-0.2, -0.15) is 5.26 Å². The summed E-state index contributed by atoms with van der Waals surface area (Å²) < 4.78 is 4.25. The first kappa shape index (κ1) is 12.1. The Bertz CT molecular complexity index is 342. The molecule has 0 amide bonds. The Balaban J connectivity index is 0.000000500. The molecule has 0 unspecified atom stereocenters. The number of aldehydes is 1. The second kappa shape index (κ2) is 6.63. The minimum Gasteiger partial charge on any atom is -0.507 e. The summed E-state index contributed by atoms with van der Waals surface area (Å²) in [5.74, 6) is -0.0990. The van der Waals surface area contributed by atoms with Gasteiger partial charge < -0.3 is 9.84 Å². The Labute approximate surface area is 82.4 Å². The Morgan fingerprint density at radius 3 is 2.50 bits per heavy atom. The van der Waals surface area contributed by atoms with Gasteiger partial charge in [0.1, 0.15) is 18.1 Å². The second-order valence-corrected chi connectivity index (χ2v) is 2.41. The minimum absolute atomic E-state index is 0.0990. The van der Waals surface area contributed by atoms with Gasteiger partial charge in [-0.3, -0.25) is 4.79 Å². The molecule has 0 saturated carbocycles. The number of nitriles is 1. The van der Waals surface area contributed by atoms with Gasteiger partial charge in [-0.1, -0.05) is 0 Å². The zero-order valence-electron chi connectivity index (χ0n) is 8.02. The van der Waals surface area contributed by atoms with Gasteiger partial charge in [-0.25, -0.2) is 0 Å². The van der Waals surface area contributed by atoms with E-state index in [1.807, 2.05) is 0 Å². The molecule has 0 atom stereocenters. The number of hydrogen-bond donors (Lipinski definition) is 1. The summed E-state index contributed by atoms with van der Waals surface area (Å²) in [6, 6.07) is 5.87. The van der Waals surface area contributed by atoms with E-state index in [0.717, 1.165) is 0 Å². The molecular formula is C10H11NO3. The number of nitrogens with zero attached hydrogens (tertiary/aromatic N) is 1. The molecule has 0 radical (unpaired) electrons. The van der Waals surface area contributed by atoms with Crippen molar-refractivity contribution in [2.24, 2.45) is 0 Å². The monoisotopic (exact) mass is 193 g/mol. The molecule has 1 aromatic rings. The Kier molecular flexibility index (Phi) is 5.75. The largest absolute Gasteiger partial charge is 0.507 e. The van der Waals surface area contributed by atoms with E-state index in [0.29, 0.717) is 11.8 Å². The summed E-state index contributed by atoms with van der Waals surface area (Å²) in [6.07, 6.45) is 0.625. The molecule has 14 heavy (non-hydrogen) atoms. The molecule has 1 rings (SSSR count). The average Bonchev–Trinajstić information content (AvgIpc) is 2.20. The highest BCUT2D eigenvalue weighted by atomic mass is 16.4. The van der Waals surface area contributed by atoms with Gasteiger partial charge in [0.15, 0.2) is 0 Å². The Morgan fingerprint density at radius 1 is 1.50 bits per heavy atom. The van der Waals surface area contributed by atoms with E-state index < -0.39 is 0 Å². The number of phenolic OH excluding ortho intramolecular Hbond substituents is 1. The highest BCUT2D eigenvalue weighted by Gasteiger charge is 1.99. The van der Waals surface area contributed by atoms with Crippen molar-refractivity contribution in [1.82, 2.24) is 0 Å². The normalized spacial score (nSPS) is 8.07. The quantitative estimate of drug-likeness (QED) is 0.683. The molecule has 1 N–H and O–H groups in total. The zero-order chi connectivity index (χ0) is 11.0. The van der Waals surface area contributed by atoms with Crippen molar-refractivity contribution < 1.29 is 14.6 Å². The fourth-order valence-electron chi connectivity index (χ4n) is 0.717. The smallest absolute Gasteiger partial charge is 0.150 e. The van der Waals surface area contributed by atoms with Crippen LogP contribution < -0.4 is 0 Å². The lowest BCUT2D eigenvalue weighted by Gasteiger charge is -1.94. The van der Waals surface area contributed by atoms with E-state index in [9.17, 15) is 4.79 Å². The maximum absolute atomic E-state index is 10.2. The van der Waals surface area contributed by atoms with Crippen LogP contribution in [0.25, 0.3) is 0 Å². The number of phenols is 1. The van der Waals surface area contributed by atoms with Gasteiger partial charge in [0.2, 0.25) is 0 Å². The van der Waals surface area contributed by atoms with Crippen molar-refractivity contribution in [3.8, 4) is 11.8 Å². The van der Waals surface area contributed by atoms with Crippen LogP contribution in [0.4, 0.5) is 0 Å². The molecule has 4 nitrogen and oxygen atoms in total. The van der Waals surface area contributed by atoms with Crippen LogP contribution in [0.3, 0.4) is 0 Å². The maximum Gasteiger partial charge on any atom is 0.150 e. The molecule has 0 bridgehead atoms. The molecule has 0 fully saturated rings. The van der Waals surface area contributed by atoms with Crippen molar-refractivity contribution in [1.29, 1.82) is 5.26 Å². The van der Waals surface area contributed by atoms with Gasteiger partial charge in [-0.05, 0) is 18.2 Å². The number of ether oxygens (including phenoxy) is 1. The van der Waals surface area contributed by atoms with Crippen LogP contribution in [0.1, 0.15) is 15.9 Å². The molecule has 0 spiro atoms. The molecule has 4 heteroatoms. The summed E-state index contributed by atoms with van der Waals surface area (Å²) in [5, 5.41) is 17.4. The molecule has 0 aliphatic heterocycles. The number of methoxy groups -OCH3 is 1.